The molecule has 0 saturated carbocycles. The minimum absolute atomic E-state index is 0.0867. The third kappa shape index (κ3) is 3.12. The van der Waals surface area contributed by atoms with Crippen LogP contribution in [-0.4, -0.2) is 35.6 Å². The van der Waals surface area contributed by atoms with Gasteiger partial charge < -0.3 is 10.0 Å². The van der Waals surface area contributed by atoms with E-state index in [0.29, 0.717) is 24.6 Å². The Morgan fingerprint density at radius 2 is 2.37 bits per heavy atom. The average molecular weight is 261 g/mol. The van der Waals surface area contributed by atoms with Gasteiger partial charge in [0.25, 0.3) is 5.91 Å². The first-order valence-corrected chi connectivity index (χ1v) is 6.30. The maximum absolute atomic E-state index is 13.9. The molecule has 1 aromatic rings. The first-order chi connectivity index (χ1) is 9.11. The monoisotopic (exact) mass is 261 g/mol. The Balaban J connectivity index is 2.19. The summed E-state index contributed by atoms with van der Waals surface area (Å²) < 4.78 is 13.9. The van der Waals surface area contributed by atoms with Gasteiger partial charge in [0.05, 0.1) is 5.56 Å². The van der Waals surface area contributed by atoms with Gasteiger partial charge in [-0.1, -0.05) is 18.8 Å². The third-order valence-corrected chi connectivity index (χ3v) is 3.22. The van der Waals surface area contributed by atoms with Crippen LogP contribution in [0.1, 0.15) is 29.3 Å². The smallest absolute Gasteiger partial charge is 0.256 e. The van der Waals surface area contributed by atoms with Crippen LogP contribution in [0.25, 0.3) is 0 Å². The van der Waals surface area contributed by atoms with E-state index in [1.165, 1.54) is 12.1 Å². The average Bonchev–Trinajstić information content (AvgIpc) is 2.82. The van der Waals surface area contributed by atoms with Gasteiger partial charge in [-0.15, -0.1) is 0 Å². The number of aliphatic hydroxyl groups is 1. The first kappa shape index (κ1) is 13.6. The standard InChI is InChI=1S/C15H16FNO2/c1-11-6-7-17(10-11)15(19)13-5-4-12(3-2-8-18)9-14(13)16/h4-5,9,11,18H,6-8,10H2,1H3. The van der Waals surface area contributed by atoms with Gasteiger partial charge in [-0.2, -0.15) is 0 Å². The van der Waals surface area contributed by atoms with E-state index in [-0.39, 0.29) is 18.1 Å². The summed E-state index contributed by atoms with van der Waals surface area (Å²) in [6, 6.07) is 4.29. The number of aliphatic hydroxyl groups excluding tert-OH is 1. The lowest BCUT2D eigenvalue weighted by molar-refractivity contribution is 0.0783. The number of halogens is 1. The fourth-order valence-corrected chi connectivity index (χ4v) is 2.20. The molecule has 19 heavy (non-hydrogen) atoms. The Morgan fingerprint density at radius 1 is 1.58 bits per heavy atom. The molecule has 1 atom stereocenters. The summed E-state index contributed by atoms with van der Waals surface area (Å²) in [7, 11) is 0. The summed E-state index contributed by atoms with van der Waals surface area (Å²) in [5.41, 5.74) is 0.543. The maximum Gasteiger partial charge on any atom is 0.256 e. The lowest BCUT2D eigenvalue weighted by Gasteiger charge is -2.16. The second-order valence-corrected chi connectivity index (χ2v) is 4.80. The van der Waals surface area contributed by atoms with Gasteiger partial charge in [-0.05, 0) is 30.5 Å². The molecule has 1 heterocycles. The number of carbonyl (C=O) groups excluding carboxylic acids is 1. The Hall–Kier alpha value is -1.86. The molecule has 4 heteroatoms. The minimum atomic E-state index is -0.561. The van der Waals surface area contributed by atoms with E-state index in [0.717, 1.165) is 6.42 Å². The van der Waals surface area contributed by atoms with Crippen LogP contribution >= 0.6 is 0 Å². The van der Waals surface area contributed by atoms with Crippen LogP contribution in [0.15, 0.2) is 18.2 Å². The van der Waals surface area contributed by atoms with Crippen molar-refractivity contribution in [3.63, 3.8) is 0 Å². The highest BCUT2D eigenvalue weighted by Gasteiger charge is 2.25. The van der Waals surface area contributed by atoms with Crippen molar-refractivity contribution in [3.8, 4) is 11.8 Å². The summed E-state index contributed by atoms with van der Waals surface area (Å²) in [4.78, 5) is 13.8. The molecule has 1 fully saturated rings. The third-order valence-electron chi connectivity index (χ3n) is 3.22. The van der Waals surface area contributed by atoms with Crippen LogP contribution in [-0.2, 0) is 0 Å². The Morgan fingerprint density at radius 3 is 2.95 bits per heavy atom. The summed E-state index contributed by atoms with van der Waals surface area (Å²) in [6.07, 6.45) is 0.966. The van der Waals surface area contributed by atoms with Gasteiger partial charge in [0.1, 0.15) is 12.4 Å². The molecule has 0 aliphatic carbocycles. The molecule has 2 rings (SSSR count). The lowest BCUT2D eigenvalue weighted by atomic mass is 10.1. The van der Waals surface area contributed by atoms with Gasteiger partial charge in [-0.25, -0.2) is 4.39 Å². The normalized spacial score (nSPS) is 18.1. The van der Waals surface area contributed by atoms with Gasteiger partial charge in [0.15, 0.2) is 0 Å². The first-order valence-electron chi connectivity index (χ1n) is 6.30. The molecule has 0 bridgehead atoms. The van der Waals surface area contributed by atoms with Crippen molar-refractivity contribution in [1.82, 2.24) is 4.90 Å². The minimum Gasteiger partial charge on any atom is -0.384 e. The van der Waals surface area contributed by atoms with Crippen molar-refractivity contribution in [2.75, 3.05) is 19.7 Å². The molecule has 100 valence electrons. The zero-order chi connectivity index (χ0) is 13.8. The van der Waals surface area contributed by atoms with E-state index in [1.807, 2.05) is 0 Å². The Bertz CT molecular complexity index is 545. The molecule has 1 N–H and O–H groups in total. The number of hydrogen-bond donors (Lipinski definition) is 1. The van der Waals surface area contributed by atoms with Crippen molar-refractivity contribution >= 4 is 5.91 Å². The van der Waals surface area contributed by atoms with Gasteiger partial charge in [0, 0.05) is 18.7 Å². The van der Waals surface area contributed by atoms with Crippen LogP contribution in [0.4, 0.5) is 4.39 Å². The number of carbonyl (C=O) groups is 1. The highest BCUT2D eigenvalue weighted by atomic mass is 19.1. The topological polar surface area (TPSA) is 40.5 Å². The Labute approximate surface area is 112 Å². The van der Waals surface area contributed by atoms with Gasteiger partial charge in [-0.3, -0.25) is 4.79 Å². The number of nitrogens with zero attached hydrogens (tertiary/aromatic N) is 1. The van der Waals surface area contributed by atoms with Crippen molar-refractivity contribution in [2.45, 2.75) is 13.3 Å². The van der Waals surface area contributed by atoms with Crippen LogP contribution in [0, 0.1) is 23.6 Å². The van der Waals surface area contributed by atoms with Crippen molar-refractivity contribution in [2.24, 2.45) is 5.92 Å². The van der Waals surface area contributed by atoms with Gasteiger partial charge in [0.2, 0.25) is 0 Å². The predicted molar refractivity (Wildman–Crippen MR) is 70.0 cm³/mol. The van der Waals surface area contributed by atoms with E-state index in [4.69, 9.17) is 5.11 Å². The predicted octanol–water partition coefficient (Wildman–Crippen LogP) is 1.65. The van der Waals surface area contributed by atoms with Crippen molar-refractivity contribution in [1.29, 1.82) is 0 Å². The molecular weight excluding hydrogens is 245 g/mol. The lowest BCUT2D eigenvalue weighted by Crippen LogP contribution is -2.29. The largest absolute Gasteiger partial charge is 0.384 e. The number of hydrogen-bond acceptors (Lipinski definition) is 2. The fourth-order valence-electron chi connectivity index (χ4n) is 2.20. The van der Waals surface area contributed by atoms with E-state index in [9.17, 15) is 9.18 Å². The molecule has 1 aliphatic heterocycles. The molecule has 1 aliphatic rings. The molecule has 1 amide bonds. The summed E-state index contributed by atoms with van der Waals surface area (Å²) in [5.74, 6) is 4.71. The fraction of sp³-hybridized carbons (Fsp3) is 0.400. The zero-order valence-electron chi connectivity index (χ0n) is 10.8. The van der Waals surface area contributed by atoms with Crippen LogP contribution in [0.3, 0.4) is 0 Å². The molecular formula is C15H16FNO2. The Kier molecular flexibility index (Phi) is 4.18. The molecule has 0 radical (unpaired) electrons. The van der Waals surface area contributed by atoms with Crippen molar-refractivity contribution < 1.29 is 14.3 Å². The summed E-state index contributed by atoms with van der Waals surface area (Å²) >= 11 is 0. The molecule has 0 aromatic heterocycles. The number of benzene rings is 1. The number of amides is 1. The SMILES string of the molecule is CC1CCN(C(=O)c2ccc(C#CCO)cc2F)C1. The van der Waals surface area contributed by atoms with Crippen LogP contribution < -0.4 is 0 Å². The van der Waals surface area contributed by atoms with Crippen molar-refractivity contribution in [3.05, 3.63) is 35.1 Å². The van der Waals surface area contributed by atoms with Crippen LogP contribution in [0.2, 0.25) is 0 Å². The van der Waals surface area contributed by atoms with Gasteiger partial charge >= 0.3 is 0 Å². The molecule has 0 spiro atoms. The second kappa shape index (κ2) is 5.85. The molecule has 1 saturated heterocycles. The van der Waals surface area contributed by atoms with E-state index < -0.39 is 5.82 Å². The van der Waals surface area contributed by atoms with Crippen LogP contribution in [0.5, 0.6) is 0 Å². The second-order valence-electron chi connectivity index (χ2n) is 4.80. The zero-order valence-corrected chi connectivity index (χ0v) is 10.8. The van der Waals surface area contributed by atoms with E-state index in [2.05, 4.69) is 18.8 Å². The maximum atomic E-state index is 13.9. The number of rotatable bonds is 1. The molecule has 3 nitrogen and oxygen atoms in total. The highest BCUT2D eigenvalue weighted by molar-refractivity contribution is 5.94. The quantitative estimate of drug-likeness (QED) is 0.781. The summed E-state index contributed by atoms with van der Waals surface area (Å²) in [5, 5.41) is 8.58. The van der Waals surface area contributed by atoms with E-state index >= 15 is 0 Å². The molecule has 1 aromatic carbocycles. The highest BCUT2D eigenvalue weighted by Crippen LogP contribution is 2.19. The number of likely N-dealkylation sites (tertiary alicyclic amines) is 1. The molecule has 1 unspecified atom stereocenters. The van der Waals surface area contributed by atoms with E-state index in [1.54, 1.807) is 11.0 Å². The summed E-state index contributed by atoms with van der Waals surface area (Å²) in [6.45, 7) is 3.18.